The molecule has 0 spiro atoms. The van der Waals surface area contributed by atoms with E-state index in [0.29, 0.717) is 18.2 Å². The minimum absolute atomic E-state index is 0.0650. The number of carbonyl (C=O) groups excluding carboxylic acids is 1. The largest absolute Gasteiger partial charge is 0.481 e. The first-order valence-corrected chi connectivity index (χ1v) is 9.41. The molecule has 0 saturated carbocycles. The van der Waals surface area contributed by atoms with Gasteiger partial charge in [-0.05, 0) is 49.6 Å². The summed E-state index contributed by atoms with van der Waals surface area (Å²) in [6.45, 7) is 4.45. The van der Waals surface area contributed by atoms with Gasteiger partial charge in [0, 0.05) is 29.8 Å². The van der Waals surface area contributed by atoms with E-state index in [0.717, 1.165) is 24.0 Å². The second-order valence-corrected chi connectivity index (χ2v) is 7.31. The second kappa shape index (κ2) is 8.39. The molecule has 2 aromatic rings. The molecule has 1 heterocycles. The van der Waals surface area contributed by atoms with Gasteiger partial charge < -0.3 is 15.0 Å². The molecule has 132 valence electrons. The lowest BCUT2D eigenvalue weighted by atomic mass is 10.1. The average molecular weight is 403 g/mol. The van der Waals surface area contributed by atoms with Crippen molar-refractivity contribution in [1.82, 2.24) is 5.32 Å². The van der Waals surface area contributed by atoms with Crippen molar-refractivity contribution in [1.29, 1.82) is 0 Å². The Morgan fingerprint density at radius 1 is 1.28 bits per heavy atom. The summed E-state index contributed by atoms with van der Waals surface area (Å²) in [5.74, 6) is 1.11. The molecule has 2 unspecified atom stereocenters. The average Bonchev–Trinajstić information content (AvgIpc) is 3.09. The third-order valence-electron chi connectivity index (χ3n) is 4.45. The van der Waals surface area contributed by atoms with Crippen LogP contribution in [-0.4, -0.2) is 31.6 Å². The molecule has 1 aliphatic rings. The molecule has 1 amide bonds. The maximum atomic E-state index is 12.2. The van der Waals surface area contributed by atoms with Crippen molar-refractivity contribution < 1.29 is 9.53 Å². The number of hydrogen-bond acceptors (Lipinski definition) is 3. The summed E-state index contributed by atoms with van der Waals surface area (Å²) in [7, 11) is 0. The van der Waals surface area contributed by atoms with E-state index in [9.17, 15) is 4.79 Å². The van der Waals surface area contributed by atoms with Gasteiger partial charge in [0.15, 0.2) is 6.10 Å². The van der Waals surface area contributed by atoms with E-state index in [1.54, 1.807) is 6.92 Å². The third-order valence-corrected chi connectivity index (χ3v) is 4.94. The molecular weight excluding hydrogens is 380 g/mol. The fourth-order valence-electron chi connectivity index (χ4n) is 3.05. The maximum absolute atomic E-state index is 12.2. The lowest BCUT2D eigenvalue weighted by Gasteiger charge is -2.20. The molecule has 2 atom stereocenters. The third kappa shape index (κ3) is 4.98. The summed E-state index contributed by atoms with van der Waals surface area (Å²) in [5.41, 5.74) is 1.23. The van der Waals surface area contributed by atoms with Gasteiger partial charge >= 0.3 is 0 Å². The van der Waals surface area contributed by atoms with Gasteiger partial charge in [-0.2, -0.15) is 0 Å². The standard InChI is InChI=1S/C20H23BrN2O2/c1-15(25-19-8-3-2-4-9-19)20(24)22-13-16-10-11-23(14-16)18-7-5-6-17(21)12-18/h2-9,12,15-16H,10-11,13-14H2,1H3,(H,22,24). The Hall–Kier alpha value is -2.01. The predicted octanol–water partition coefficient (Wildman–Crippen LogP) is 3.86. The zero-order valence-corrected chi connectivity index (χ0v) is 15.9. The topological polar surface area (TPSA) is 41.6 Å². The molecule has 1 N–H and O–H groups in total. The van der Waals surface area contributed by atoms with E-state index >= 15 is 0 Å². The number of benzene rings is 2. The van der Waals surface area contributed by atoms with Crippen molar-refractivity contribution in [2.24, 2.45) is 5.92 Å². The zero-order chi connectivity index (χ0) is 17.6. The number of hydrogen-bond donors (Lipinski definition) is 1. The molecule has 2 aromatic carbocycles. The lowest BCUT2D eigenvalue weighted by molar-refractivity contribution is -0.127. The molecule has 0 aliphatic carbocycles. The highest BCUT2D eigenvalue weighted by atomic mass is 79.9. The van der Waals surface area contributed by atoms with E-state index in [1.807, 2.05) is 36.4 Å². The first-order valence-electron chi connectivity index (χ1n) is 8.62. The van der Waals surface area contributed by atoms with Gasteiger partial charge in [0.1, 0.15) is 5.75 Å². The predicted molar refractivity (Wildman–Crippen MR) is 104 cm³/mol. The fraction of sp³-hybridized carbons (Fsp3) is 0.350. The van der Waals surface area contributed by atoms with Crippen molar-refractivity contribution in [2.45, 2.75) is 19.4 Å². The van der Waals surface area contributed by atoms with Crippen LogP contribution in [0.25, 0.3) is 0 Å². The Balaban J connectivity index is 1.45. The second-order valence-electron chi connectivity index (χ2n) is 6.40. The molecule has 4 nitrogen and oxygen atoms in total. The smallest absolute Gasteiger partial charge is 0.260 e. The van der Waals surface area contributed by atoms with Crippen molar-refractivity contribution in [2.75, 3.05) is 24.5 Å². The number of amides is 1. The van der Waals surface area contributed by atoms with Crippen LogP contribution in [0.1, 0.15) is 13.3 Å². The highest BCUT2D eigenvalue weighted by Crippen LogP contribution is 2.26. The number of anilines is 1. The molecular formula is C20H23BrN2O2. The van der Waals surface area contributed by atoms with Crippen molar-refractivity contribution in [3.8, 4) is 5.75 Å². The molecule has 1 fully saturated rings. The Kier molecular flexibility index (Phi) is 5.97. The molecule has 0 radical (unpaired) electrons. The number of nitrogens with one attached hydrogen (secondary N) is 1. The van der Waals surface area contributed by atoms with Crippen LogP contribution in [0.15, 0.2) is 59.1 Å². The first-order chi connectivity index (χ1) is 12.1. The summed E-state index contributed by atoms with van der Waals surface area (Å²) in [4.78, 5) is 14.6. The summed E-state index contributed by atoms with van der Waals surface area (Å²) in [6, 6.07) is 17.8. The maximum Gasteiger partial charge on any atom is 0.260 e. The number of nitrogens with zero attached hydrogens (tertiary/aromatic N) is 1. The summed E-state index contributed by atoms with van der Waals surface area (Å²) in [6.07, 6.45) is 0.589. The van der Waals surface area contributed by atoms with Crippen LogP contribution in [0.2, 0.25) is 0 Å². The molecule has 5 heteroatoms. The van der Waals surface area contributed by atoms with Crippen LogP contribution >= 0.6 is 15.9 Å². The number of rotatable bonds is 6. The normalized spacial score (nSPS) is 18.0. The van der Waals surface area contributed by atoms with Gasteiger partial charge in [0.2, 0.25) is 0 Å². The van der Waals surface area contributed by atoms with E-state index < -0.39 is 6.10 Å². The minimum Gasteiger partial charge on any atom is -0.481 e. The van der Waals surface area contributed by atoms with Crippen LogP contribution < -0.4 is 15.0 Å². The van der Waals surface area contributed by atoms with E-state index in [2.05, 4.69) is 44.3 Å². The lowest BCUT2D eigenvalue weighted by Crippen LogP contribution is -2.39. The van der Waals surface area contributed by atoms with Crippen LogP contribution in [0.4, 0.5) is 5.69 Å². The summed E-state index contributed by atoms with van der Waals surface area (Å²) < 4.78 is 6.76. The van der Waals surface area contributed by atoms with E-state index in [-0.39, 0.29) is 5.91 Å². The highest BCUT2D eigenvalue weighted by Gasteiger charge is 2.24. The summed E-state index contributed by atoms with van der Waals surface area (Å²) >= 11 is 3.52. The quantitative estimate of drug-likeness (QED) is 0.797. The number of carbonyl (C=O) groups is 1. The molecule has 3 rings (SSSR count). The van der Waals surface area contributed by atoms with Crippen molar-refractivity contribution in [3.05, 3.63) is 59.1 Å². The van der Waals surface area contributed by atoms with Gasteiger partial charge in [-0.25, -0.2) is 0 Å². The molecule has 1 saturated heterocycles. The fourth-order valence-corrected chi connectivity index (χ4v) is 3.44. The van der Waals surface area contributed by atoms with Gasteiger partial charge in [0.05, 0.1) is 0 Å². The Morgan fingerprint density at radius 3 is 2.84 bits per heavy atom. The molecule has 1 aliphatic heterocycles. The highest BCUT2D eigenvalue weighted by molar-refractivity contribution is 9.10. The van der Waals surface area contributed by atoms with Crippen LogP contribution in [0.3, 0.4) is 0 Å². The number of para-hydroxylation sites is 1. The van der Waals surface area contributed by atoms with Gasteiger partial charge in [-0.3, -0.25) is 4.79 Å². The summed E-state index contributed by atoms with van der Waals surface area (Å²) in [5, 5.41) is 3.03. The van der Waals surface area contributed by atoms with Gasteiger partial charge in [-0.15, -0.1) is 0 Å². The van der Waals surface area contributed by atoms with E-state index in [1.165, 1.54) is 5.69 Å². The van der Waals surface area contributed by atoms with Crippen LogP contribution in [-0.2, 0) is 4.79 Å². The SMILES string of the molecule is CC(Oc1ccccc1)C(=O)NCC1CCN(c2cccc(Br)c2)C1. The Morgan fingerprint density at radius 2 is 2.08 bits per heavy atom. The van der Waals surface area contributed by atoms with E-state index in [4.69, 9.17) is 4.74 Å². The van der Waals surface area contributed by atoms with Crippen LogP contribution in [0, 0.1) is 5.92 Å². The molecule has 0 bridgehead atoms. The molecule has 0 aromatic heterocycles. The van der Waals surface area contributed by atoms with Crippen molar-refractivity contribution in [3.63, 3.8) is 0 Å². The zero-order valence-electron chi connectivity index (χ0n) is 14.3. The number of halogens is 1. The Bertz CT molecular complexity index is 708. The Labute approximate surface area is 157 Å². The monoisotopic (exact) mass is 402 g/mol. The number of ether oxygens (including phenoxy) is 1. The van der Waals surface area contributed by atoms with Crippen molar-refractivity contribution >= 4 is 27.5 Å². The van der Waals surface area contributed by atoms with Crippen LogP contribution in [0.5, 0.6) is 5.75 Å². The first kappa shape index (κ1) is 17.8. The van der Waals surface area contributed by atoms with Gasteiger partial charge in [-0.1, -0.05) is 40.2 Å². The van der Waals surface area contributed by atoms with Gasteiger partial charge in [0.25, 0.3) is 5.91 Å². The minimum atomic E-state index is -0.495. The molecule has 25 heavy (non-hydrogen) atoms.